The highest BCUT2D eigenvalue weighted by atomic mass is 32.2. The van der Waals surface area contributed by atoms with Crippen molar-refractivity contribution in [2.45, 2.75) is 43.9 Å². The molecule has 1 aromatic carbocycles. The zero-order valence-electron chi connectivity index (χ0n) is 16.9. The molecule has 1 aliphatic heterocycles. The molecule has 2 aromatic rings. The molecule has 1 fully saturated rings. The number of anilines is 1. The number of carbonyl (C=O) groups is 1. The number of nitrogens with one attached hydrogen (secondary N) is 1. The monoisotopic (exact) mass is 457 g/mol. The molecule has 3 rings (SSSR count). The number of pyridine rings is 1. The molecule has 2 heterocycles. The van der Waals surface area contributed by atoms with Crippen LogP contribution in [0.15, 0.2) is 41.4 Å². The van der Waals surface area contributed by atoms with E-state index in [1.54, 1.807) is 19.9 Å². The highest BCUT2D eigenvalue weighted by molar-refractivity contribution is 7.89. The van der Waals surface area contributed by atoms with Crippen LogP contribution in [-0.2, 0) is 21.0 Å². The second-order valence-electron chi connectivity index (χ2n) is 7.15. The first-order valence-corrected chi connectivity index (χ1v) is 11.0. The number of halogens is 3. The summed E-state index contributed by atoms with van der Waals surface area (Å²) in [6.45, 7) is 3.50. The number of alkyl halides is 3. The molecular weight excluding hydrogens is 435 g/mol. The number of nitrogens with zero attached hydrogens (tertiary/aromatic N) is 2. The van der Waals surface area contributed by atoms with Gasteiger partial charge < -0.3 is 10.1 Å². The molecule has 1 aromatic heterocycles. The molecule has 31 heavy (non-hydrogen) atoms. The topological polar surface area (TPSA) is 88.6 Å². The number of hydrogen-bond acceptors (Lipinski definition) is 5. The maximum atomic E-state index is 13.0. The normalized spacial score (nSPS) is 17.5. The van der Waals surface area contributed by atoms with Crippen molar-refractivity contribution >= 4 is 21.6 Å². The van der Waals surface area contributed by atoms with Crippen LogP contribution in [0.25, 0.3) is 0 Å². The van der Waals surface area contributed by atoms with Crippen molar-refractivity contribution in [1.82, 2.24) is 9.29 Å². The lowest BCUT2D eigenvalue weighted by atomic mass is 10.2. The molecule has 0 aliphatic carbocycles. The number of hydrogen-bond donors (Lipinski definition) is 1. The average molecular weight is 457 g/mol. The fourth-order valence-corrected chi connectivity index (χ4v) is 4.93. The fourth-order valence-electron chi connectivity index (χ4n) is 3.24. The summed E-state index contributed by atoms with van der Waals surface area (Å²) in [6.07, 6.45) is -3.51. The third kappa shape index (κ3) is 5.34. The van der Waals surface area contributed by atoms with Crippen molar-refractivity contribution < 1.29 is 31.1 Å². The first kappa shape index (κ1) is 23.0. The molecule has 168 valence electrons. The Hall–Kier alpha value is -2.66. The summed E-state index contributed by atoms with van der Waals surface area (Å²) < 4.78 is 71.4. The van der Waals surface area contributed by atoms with Crippen LogP contribution in [0, 0.1) is 6.92 Å². The Morgan fingerprint density at radius 2 is 2.03 bits per heavy atom. The molecule has 0 bridgehead atoms. The molecule has 1 amide bonds. The van der Waals surface area contributed by atoms with E-state index >= 15 is 0 Å². The van der Waals surface area contributed by atoms with E-state index in [2.05, 4.69) is 10.3 Å². The summed E-state index contributed by atoms with van der Waals surface area (Å²) in [7, 11) is -3.84. The van der Waals surface area contributed by atoms with E-state index in [-0.39, 0.29) is 29.8 Å². The first-order chi connectivity index (χ1) is 14.5. The van der Waals surface area contributed by atoms with Crippen LogP contribution in [-0.4, -0.2) is 42.8 Å². The van der Waals surface area contributed by atoms with E-state index in [0.29, 0.717) is 24.1 Å². The van der Waals surface area contributed by atoms with Gasteiger partial charge in [0.1, 0.15) is 6.10 Å². The number of aromatic nitrogens is 1. The van der Waals surface area contributed by atoms with Gasteiger partial charge in [-0.25, -0.2) is 13.4 Å². The third-order valence-corrected chi connectivity index (χ3v) is 6.88. The smallest absolute Gasteiger partial charge is 0.416 e. The van der Waals surface area contributed by atoms with Crippen molar-refractivity contribution in [2.75, 3.05) is 18.4 Å². The summed E-state index contributed by atoms with van der Waals surface area (Å²) in [6, 6.07) is 6.16. The number of ether oxygens (including phenoxy) is 1. The standard InChI is InChI=1S/C20H22F3N3O4S/c1-3-18(27)25-15-4-5-17(13(2)10-15)31(28,29)26-9-7-16(12-26)30-19-11-14(6-8-24-19)20(21,22)23/h4-6,8,10-11,16H,3,7,9,12H2,1-2H3,(H,25,27). The SMILES string of the molecule is CCC(=O)Nc1ccc(S(=O)(=O)N2CCC(Oc3cc(C(F)(F)F)ccn3)C2)c(C)c1. The average Bonchev–Trinajstić information content (AvgIpc) is 3.16. The Bertz CT molecular complexity index is 1070. The molecule has 1 aliphatic rings. The van der Waals surface area contributed by atoms with Crippen molar-refractivity contribution in [3.8, 4) is 5.88 Å². The lowest BCUT2D eigenvalue weighted by Gasteiger charge is -2.19. The second-order valence-corrected chi connectivity index (χ2v) is 9.06. The summed E-state index contributed by atoms with van der Waals surface area (Å²) in [4.78, 5) is 15.4. The van der Waals surface area contributed by atoms with Crippen molar-refractivity contribution in [3.63, 3.8) is 0 Å². The van der Waals surface area contributed by atoms with E-state index in [0.717, 1.165) is 18.3 Å². The molecule has 7 nitrogen and oxygen atoms in total. The minimum Gasteiger partial charge on any atom is -0.473 e. The predicted molar refractivity (Wildman–Crippen MR) is 107 cm³/mol. The molecule has 1 unspecified atom stereocenters. The van der Waals surface area contributed by atoms with Gasteiger partial charge in [-0.05, 0) is 43.2 Å². The van der Waals surface area contributed by atoms with Crippen LogP contribution in [0.5, 0.6) is 5.88 Å². The maximum absolute atomic E-state index is 13.0. The van der Waals surface area contributed by atoms with Gasteiger partial charge in [0.15, 0.2) is 0 Å². The molecular formula is C20H22F3N3O4S. The van der Waals surface area contributed by atoms with Crippen molar-refractivity contribution in [2.24, 2.45) is 0 Å². The van der Waals surface area contributed by atoms with Crippen LogP contribution in [0.4, 0.5) is 18.9 Å². The summed E-state index contributed by atoms with van der Waals surface area (Å²) in [5, 5.41) is 2.68. The van der Waals surface area contributed by atoms with Crippen molar-refractivity contribution in [1.29, 1.82) is 0 Å². The largest absolute Gasteiger partial charge is 0.473 e. The van der Waals surface area contributed by atoms with Crippen LogP contribution in [0.2, 0.25) is 0 Å². The highest BCUT2D eigenvalue weighted by Gasteiger charge is 2.35. The number of rotatable bonds is 6. The maximum Gasteiger partial charge on any atom is 0.416 e. The lowest BCUT2D eigenvalue weighted by molar-refractivity contribution is -0.137. The number of amides is 1. The number of aryl methyl sites for hydroxylation is 1. The van der Waals surface area contributed by atoms with E-state index in [9.17, 15) is 26.4 Å². The molecule has 0 spiro atoms. The minimum absolute atomic E-state index is 0.00593. The lowest BCUT2D eigenvalue weighted by Crippen LogP contribution is -2.31. The highest BCUT2D eigenvalue weighted by Crippen LogP contribution is 2.32. The zero-order valence-corrected chi connectivity index (χ0v) is 17.8. The van der Waals surface area contributed by atoms with E-state index in [1.165, 1.54) is 16.4 Å². The van der Waals surface area contributed by atoms with Gasteiger partial charge in [-0.1, -0.05) is 6.92 Å². The van der Waals surface area contributed by atoms with Crippen LogP contribution in [0.3, 0.4) is 0 Å². The van der Waals surface area contributed by atoms with Gasteiger partial charge in [0.25, 0.3) is 0 Å². The van der Waals surface area contributed by atoms with Gasteiger partial charge in [-0.3, -0.25) is 4.79 Å². The van der Waals surface area contributed by atoms with Gasteiger partial charge in [-0.2, -0.15) is 17.5 Å². The fraction of sp³-hybridized carbons (Fsp3) is 0.400. The molecule has 1 N–H and O–H groups in total. The van der Waals surface area contributed by atoms with E-state index < -0.39 is 27.9 Å². The quantitative estimate of drug-likeness (QED) is 0.716. The Morgan fingerprint density at radius 1 is 1.29 bits per heavy atom. The number of carbonyl (C=O) groups excluding carboxylic acids is 1. The summed E-state index contributed by atoms with van der Waals surface area (Å²) >= 11 is 0. The zero-order chi connectivity index (χ0) is 22.8. The van der Waals surface area contributed by atoms with Crippen LogP contribution >= 0.6 is 0 Å². The molecule has 1 saturated heterocycles. The molecule has 0 saturated carbocycles. The van der Waals surface area contributed by atoms with Crippen LogP contribution < -0.4 is 10.1 Å². The van der Waals surface area contributed by atoms with Gasteiger partial charge in [0, 0.05) is 30.9 Å². The van der Waals surface area contributed by atoms with Crippen molar-refractivity contribution in [3.05, 3.63) is 47.7 Å². The van der Waals surface area contributed by atoms with Crippen LogP contribution in [0.1, 0.15) is 30.9 Å². The Labute approximate surface area is 178 Å². The van der Waals surface area contributed by atoms with Gasteiger partial charge in [-0.15, -0.1) is 0 Å². The number of benzene rings is 1. The summed E-state index contributed by atoms with van der Waals surface area (Å²) in [5.74, 6) is -0.385. The second kappa shape index (κ2) is 8.83. The molecule has 11 heteroatoms. The molecule has 0 radical (unpaired) electrons. The van der Waals surface area contributed by atoms with Gasteiger partial charge in [0.2, 0.25) is 21.8 Å². The Balaban J connectivity index is 1.71. The Morgan fingerprint density at radius 3 is 2.68 bits per heavy atom. The van der Waals surface area contributed by atoms with E-state index in [4.69, 9.17) is 4.74 Å². The first-order valence-electron chi connectivity index (χ1n) is 9.61. The van der Waals surface area contributed by atoms with E-state index in [1.807, 2.05) is 0 Å². The van der Waals surface area contributed by atoms with Gasteiger partial charge >= 0.3 is 6.18 Å². The van der Waals surface area contributed by atoms with Gasteiger partial charge in [0.05, 0.1) is 17.0 Å². The predicted octanol–water partition coefficient (Wildman–Crippen LogP) is 3.60. The Kier molecular flexibility index (Phi) is 6.56. The number of sulfonamides is 1. The summed E-state index contributed by atoms with van der Waals surface area (Å²) in [5.41, 5.74) is 0.0882. The third-order valence-electron chi connectivity index (χ3n) is 4.85. The minimum atomic E-state index is -4.52. The molecule has 1 atom stereocenters.